The molecule has 1 atom stereocenters. The maximum Gasteiger partial charge on any atom is 0.163 e. The number of ketones is 2. The molecule has 3 heteroatoms. The number of rotatable bonds is 5. The highest BCUT2D eigenvalue weighted by Gasteiger charge is 2.47. The van der Waals surface area contributed by atoms with Gasteiger partial charge in [0.1, 0.15) is 7.85 Å². The Hall–Kier alpha value is -1.12. The Kier molecular flexibility index (Phi) is 4.09. The molecule has 0 amide bonds. The fourth-order valence-corrected chi connectivity index (χ4v) is 1.63. The van der Waals surface area contributed by atoms with Gasteiger partial charge in [-0.25, -0.2) is 0 Å². The van der Waals surface area contributed by atoms with Crippen molar-refractivity contribution in [3.05, 3.63) is 24.3 Å². The van der Waals surface area contributed by atoms with E-state index >= 15 is 0 Å². The lowest BCUT2D eigenvalue weighted by Gasteiger charge is -2.39. The van der Waals surface area contributed by atoms with Crippen molar-refractivity contribution in [1.82, 2.24) is 0 Å². The summed E-state index contributed by atoms with van der Waals surface area (Å²) in [5.74, 6) is -0.154. The SMILES string of the molecule is BC(C)(C(=O)C(=C)C)C(C)(C)C(=O)C(=C)C. The highest BCUT2D eigenvalue weighted by Crippen LogP contribution is 2.46. The van der Waals surface area contributed by atoms with E-state index in [4.69, 9.17) is 0 Å². The molecule has 0 saturated heterocycles. The van der Waals surface area contributed by atoms with Crippen molar-refractivity contribution in [3.8, 4) is 0 Å². The second-order valence-electron chi connectivity index (χ2n) is 5.47. The van der Waals surface area contributed by atoms with E-state index in [0.29, 0.717) is 11.1 Å². The fourth-order valence-electron chi connectivity index (χ4n) is 1.63. The summed E-state index contributed by atoms with van der Waals surface area (Å²) in [5.41, 5.74) is 0.190. The van der Waals surface area contributed by atoms with Crippen LogP contribution >= 0.6 is 0 Å². The number of hydrogen-bond acceptors (Lipinski definition) is 2. The van der Waals surface area contributed by atoms with Crippen molar-refractivity contribution in [2.75, 3.05) is 0 Å². The molecule has 0 aromatic carbocycles. The Bertz CT molecular complexity index is 326. The normalized spacial score (nSPS) is 15.1. The van der Waals surface area contributed by atoms with Crippen molar-refractivity contribution >= 4 is 19.4 Å². The van der Waals surface area contributed by atoms with Gasteiger partial charge in [-0.3, -0.25) is 9.59 Å². The molecule has 0 aromatic heterocycles. The molecule has 0 bridgehead atoms. The summed E-state index contributed by atoms with van der Waals surface area (Å²) in [5, 5.41) is -0.769. The first-order chi connectivity index (χ1) is 6.96. The molecule has 0 aliphatic rings. The first-order valence-corrected chi connectivity index (χ1v) is 5.37. The van der Waals surface area contributed by atoms with Crippen molar-refractivity contribution in [2.24, 2.45) is 5.41 Å². The number of carbonyl (C=O) groups excluding carboxylic acids is 2. The zero-order valence-electron chi connectivity index (χ0n) is 11.2. The first-order valence-electron chi connectivity index (χ1n) is 5.37. The molecule has 2 nitrogen and oxygen atoms in total. The van der Waals surface area contributed by atoms with E-state index in [9.17, 15) is 9.59 Å². The molecule has 0 spiro atoms. The minimum Gasteiger partial charge on any atom is -0.295 e. The molecule has 0 aliphatic carbocycles. The van der Waals surface area contributed by atoms with Gasteiger partial charge in [0.05, 0.1) is 0 Å². The molecule has 0 fully saturated rings. The lowest BCUT2D eigenvalue weighted by atomic mass is 9.50. The first kappa shape index (κ1) is 14.9. The zero-order chi connectivity index (χ0) is 13.3. The number of allylic oxidation sites excluding steroid dienone is 2. The summed E-state index contributed by atoms with van der Waals surface area (Å²) in [7, 11) is 1.78. The second-order valence-corrected chi connectivity index (χ2v) is 5.47. The third-order valence-corrected chi connectivity index (χ3v) is 3.47. The van der Waals surface area contributed by atoms with Gasteiger partial charge in [0.15, 0.2) is 11.6 Å². The van der Waals surface area contributed by atoms with Crippen LogP contribution in [0.2, 0.25) is 5.31 Å². The summed E-state index contributed by atoms with van der Waals surface area (Å²) in [6, 6.07) is 0. The lowest BCUT2D eigenvalue weighted by Crippen LogP contribution is -2.42. The van der Waals surface area contributed by atoms with Crippen LogP contribution in [0.3, 0.4) is 0 Å². The summed E-state index contributed by atoms with van der Waals surface area (Å²) < 4.78 is 0. The highest BCUT2D eigenvalue weighted by atomic mass is 16.1. The number of carbonyl (C=O) groups is 2. The monoisotopic (exact) mass is 220 g/mol. The predicted molar refractivity (Wildman–Crippen MR) is 70.3 cm³/mol. The van der Waals surface area contributed by atoms with E-state index < -0.39 is 10.7 Å². The molecule has 0 N–H and O–H groups in total. The summed E-state index contributed by atoms with van der Waals surface area (Å²) in [6.45, 7) is 16.0. The summed E-state index contributed by atoms with van der Waals surface area (Å²) >= 11 is 0. The fraction of sp³-hybridized carbons (Fsp3) is 0.538. The van der Waals surface area contributed by atoms with Gasteiger partial charge in [-0.2, -0.15) is 0 Å². The molecule has 16 heavy (non-hydrogen) atoms. The Labute approximate surface area is 99.2 Å². The van der Waals surface area contributed by atoms with E-state index in [0.717, 1.165) is 0 Å². The smallest absolute Gasteiger partial charge is 0.163 e. The molecule has 0 aromatic rings. The Morgan fingerprint density at radius 3 is 1.50 bits per heavy atom. The van der Waals surface area contributed by atoms with Gasteiger partial charge in [0.25, 0.3) is 0 Å². The van der Waals surface area contributed by atoms with Gasteiger partial charge in [0.2, 0.25) is 0 Å². The molecule has 0 saturated carbocycles. The molecule has 0 rings (SSSR count). The highest BCUT2D eigenvalue weighted by molar-refractivity contribution is 6.34. The average molecular weight is 220 g/mol. The standard InChI is InChI=1S/C13H21BO2/c1-8(2)10(15)12(5,6)13(7,14)11(16)9(3)4/h1,3,14H2,2,4-7H3. The third-order valence-electron chi connectivity index (χ3n) is 3.47. The van der Waals surface area contributed by atoms with Gasteiger partial charge in [0, 0.05) is 10.7 Å². The van der Waals surface area contributed by atoms with Crippen LogP contribution in [0.25, 0.3) is 0 Å². The number of Topliss-reactive ketones (excluding diaryl/α,β-unsaturated/α-hetero) is 2. The molecule has 1 unspecified atom stereocenters. The Morgan fingerprint density at radius 2 is 1.25 bits per heavy atom. The lowest BCUT2D eigenvalue weighted by molar-refractivity contribution is -0.131. The van der Waals surface area contributed by atoms with Gasteiger partial charge >= 0.3 is 0 Å². The quantitative estimate of drug-likeness (QED) is 0.525. The summed E-state index contributed by atoms with van der Waals surface area (Å²) in [4.78, 5) is 24.1. The van der Waals surface area contributed by atoms with Gasteiger partial charge < -0.3 is 0 Å². The maximum atomic E-state index is 12.1. The van der Waals surface area contributed by atoms with Crippen LogP contribution in [0.15, 0.2) is 24.3 Å². The van der Waals surface area contributed by atoms with Crippen LogP contribution in [0, 0.1) is 5.41 Å². The van der Waals surface area contributed by atoms with Crippen molar-refractivity contribution in [1.29, 1.82) is 0 Å². The second kappa shape index (κ2) is 4.40. The van der Waals surface area contributed by atoms with Crippen molar-refractivity contribution in [3.63, 3.8) is 0 Å². The van der Waals surface area contributed by atoms with Crippen LogP contribution in [0.5, 0.6) is 0 Å². The Balaban J connectivity index is 5.45. The van der Waals surface area contributed by atoms with E-state index in [-0.39, 0.29) is 11.6 Å². The molecule has 0 heterocycles. The van der Waals surface area contributed by atoms with E-state index in [1.54, 1.807) is 42.5 Å². The largest absolute Gasteiger partial charge is 0.295 e. The van der Waals surface area contributed by atoms with Crippen molar-refractivity contribution < 1.29 is 9.59 Å². The van der Waals surface area contributed by atoms with E-state index in [1.807, 2.05) is 0 Å². The van der Waals surface area contributed by atoms with Crippen LogP contribution in [-0.2, 0) is 9.59 Å². The molecule has 88 valence electrons. The summed E-state index contributed by atoms with van der Waals surface area (Å²) in [6.07, 6.45) is 0. The molecular weight excluding hydrogens is 199 g/mol. The molecular formula is C13H21BO2. The van der Waals surface area contributed by atoms with Crippen LogP contribution in [-0.4, -0.2) is 19.4 Å². The zero-order valence-corrected chi connectivity index (χ0v) is 11.2. The predicted octanol–water partition coefficient (Wildman–Crippen LogP) is 2.11. The van der Waals surface area contributed by atoms with Gasteiger partial charge in [-0.05, 0) is 25.0 Å². The van der Waals surface area contributed by atoms with Crippen LogP contribution < -0.4 is 0 Å². The van der Waals surface area contributed by atoms with E-state index in [1.165, 1.54) is 0 Å². The molecule has 0 aliphatic heterocycles. The average Bonchev–Trinajstić information content (AvgIpc) is 2.14. The van der Waals surface area contributed by atoms with E-state index in [2.05, 4.69) is 13.2 Å². The Morgan fingerprint density at radius 1 is 0.938 bits per heavy atom. The third kappa shape index (κ3) is 2.34. The number of hydrogen-bond donors (Lipinski definition) is 0. The van der Waals surface area contributed by atoms with Crippen LogP contribution in [0.1, 0.15) is 34.6 Å². The molecule has 0 radical (unpaired) electrons. The topological polar surface area (TPSA) is 34.1 Å². The minimum absolute atomic E-state index is 0.0768. The van der Waals surface area contributed by atoms with Gasteiger partial charge in [-0.15, -0.1) is 0 Å². The minimum atomic E-state index is -0.769. The van der Waals surface area contributed by atoms with Gasteiger partial charge in [-0.1, -0.05) is 33.9 Å². The van der Waals surface area contributed by atoms with Crippen LogP contribution in [0.4, 0.5) is 0 Å². The van der Waals surface area contributed by atoms with Crippen molar-refractivity contribution in [2.45, 2.75) is 39.9 Å². The maximum absolute atomic E-state index is 12.1.